The third-order valence-corrected chi connectivity index (χ3v) is 11.9. The number of fused-ring (bicyclic) bond motifs is 3. The second kappa shape index (κ2) is 14.9. The van der Waals surface area contributed by atoms with Crippen molar-refractivity contribution in [2.75, 3.05) is 59.8 Å². The van der Waals surface area contributed by atoms with Crippen molar-refractivity contribution >= 4 is 34.6 Å². The Morgan fingerprint density at radius 2 is 1.93 bits per heavy atom. The summed E-state index contributed by atoms with van der Waals surface area (Å²) in [6, 6.07) is 10.7. The first kappa shape index (κ1) is 37.0. The molecular formula is C42H53N9O4. The maximum atomic E-state index is 13.5. The van der Waals surface area contributed by atoms with E-state index in [0.29, 0.717) is 46.2 Å². The highest BCUT2D eigenvalue weighted by atomic mass is 16.5. The van der Waals surface area contributed by atoms with Crippen LogP contribution in [0.4, 0.5) is 28.7 Å². The number of ether oxygens (including phenoxy) is 1. The van der Waals surface area contributed by atoms with Crippen LogP contribution in [0.3, 0.4) is 0 Å². The molecule has 6 heterocycles. The van der Waals surface area contributed by atoms with Crippen LogP contribution in [0.2, 0.25) is 0 Å². The van der Waals surface area contributed by atoms with Crippen LogP contribution in [-0.4, -0.2) is 86.5 Å². The summed E-state index contributed by atoms with van der Waals surface area (Å²) in [6.45, 7) is 16.9. The Morgan fingerprint density at radius 3 is 2.69 bits per heavy atom. The van der Waals surface area contributed by atoms with E-state index in [1.165, 1.54) is 27.6 Å². The molecule has 2 fully saturated rings. The molecule has 8 rings (SSSR count). The molecule has 1 amide bonds. The summed E-state index contributed by atoms with van der Waals surface area (Å²) < 4.78 is 9.57. The van der Waals surface area contributed by atoms with E-state index in [9.17, 15) is 14.7 Å². The number of hydrogen-bond acceptors (Lipinski definition) is 10. The van der Waals surface area contributed by atoms with E-state index in [-0.39, 0.29) is 29.9 Å². The molecule has 55 heavy (non-hydrogen) atoms. The van der Waals surface area contributed by atoms with Gasteiger partial charge < -0.3 is 39.4 Å². The number of carbonyl (C=O) groups is 1. The van der Waals surface area contributed by atoms with Crippen molar-refractivity contribution in [3.63, 3.8) is 0 Å². The summed E-state index contributed by atoms with van der Waals surface area (Å²) in [5, 5.41) is 17.0. The molecule has 13 heteroatoms. The van der Waals surface area contributed by atoms with Crippen LogP contribution in [0, 0.1) is 5.41 Å². The predicted octanol–water partition coefficient (Wildman–Crippen LogP) is 4.84. The number of aryl methyl sites for hydroxylation is 1. The third-order valence-electron chi connectivity index (χ3n) is 11.9. The molecule has 0 radical (unpaired) electrons. The van der Waals surface area contributed by atoms with Gasteiger partial charge in [-0.1, -0.05) is 20.4 Å². The minimum atomic E-state index is -0.317. The maximum absolute atomic E-state index is 13.5. The van der Waals surface area contributed by atoms with Crippen LogP contribution < -0.4 is 26.0 Å². The molecule has 0 spiro atoms. The van der Waals surface area contributed by atoms with Gasteiger partial charge in [0.1, 0.15) is 5.82 Å². The molecule has 2 saturated heterocycles. The molecular weight excluding hydrogens is 695 g/mol. The number of carbonyl (C=O) groups excluding carboxylic acids is 1. The van der Waals surface area contributed by atoms with Crippen molar-refractivity contribution in [2.45, 2.75) is 78.2 Å². The Kier molecular flexibility index (Phi) is 10.0. The van der Waals surface area contributed by atoms with Crippen molar-refractivity contribution in [2.24, 2.45) is 12.5 Å². The van der Waals surface area contributed by atoms with E-state index < -0.39 is 0 Å². The smallest absolute Gasteiger partial charge is 0.293 e. The van der Waals surface area contributed by atoms with E-state index in [1.807, 2.05) is 24.3 Å². The lowest BCUT2D eigenvalue weighted by Gasteiger charge is -2.45. The van der Waals surface area contributed by atoms with Crippen LogP contribution in [0.25, 0.3) is 11.3 Å². The second-order valence-electron chi connectivity index (χ2n) is 16.3. The Morgan fingerprint density at radius 1 is 1.11 bits per heavy atom. The average molecular weight is 748 g/mol. The van der Waals surface area contributed by atoms with Crippen LogP contribution in [-0.2, 0) is 49.1 Å². The molecule has 0 unspecified atom stereocenters. The Balaban J connectivity index is 1.06. The highest BCUT2D eigenvalue weighted by Gasteiger charge is 2.35. The van der Waals surface area contributed by atoms with E-state index >= 15 is 0 Å². The van der Waals surface area contributed by atoms with Crippen LogP contribution in [0.15, 0.2) is 60.2 Å². The van der Waals surface area contributed by atoms with E-state index in [2.05, 4.69) is 63.3 Å². The summed E-state index contributed by atoms with van der Waals surface area (Å²) in [5.41, 5.74) is 8.21. The van der Waals surface area contributed by atoms with Gasteiger partial charge in [0.15, 0.2) is 5.82 Å². The first-order valence-electron chi connectivity index (χ1n) is 19.6. The zero-order valence-electron chi connectivity index (χ0n) is 32.5. The average Bonchev–Trinajstić information content (AvgIpc) is 3.67. The molecule has 13 nitrogen and oxygen atoms in total. The van der Waals surface area contributed by atoms with E-state index in [4.69, 9.17) is 14.7 Å². The number of piperazine rings is 1. The monoisotopic (exact) mass is 747 g/mol. The fourth-order valence-electron chi connectivity index (χ4n) is 9.17. The standard InChI is InChI=1S/C42H53N9O4/c1-6-38(53)45-34-20-29(7-8-36(34)50-15-13-48(23-27(50)2)30-10-17-55-18-11-30)44-39-41(54)47(5)25-35(46-39)32-9-12-43-40(33(32)26-52)49-14-16-51-31(24-49)19-28-21-42(3,4)22-37(28)51/h6-9,12,19-20,25,27,30,52H,1,10-11,13-18,21-24,26H2,2-5H3,(H,44,46)(H,45,53)/t27-/m0/s1. The summed E-state index contributed by atoms with van der Waals surface area (Å²) in [4.78, 5) is 42.9. The van der Waals surface area contributed by atoms with Crippen molar-refractivity contribution in [1.29, 1.82) is 0 Å². The largest absolute Gasteiger partial charge is 0.392 e. The topological polar surface area (TPSA) is 133 Å². The lowest BCUT2D eigenvalue weighted by atomic mass is 9.90. The minimum Gasteiger partial charge on any atom is -0.392 e. The van der Waals surface area contributed by atoms with Crippen molar-refractivity contribution in [3.8, 4) is 11.3 Å². The first-order valence-corrected chi connectivity index (χ1v) is 19.6. The van der Waals surface area contributed by atoms with Gasteiger partial charge in [0.2, 0.25) is 5.91 Å². The first-order chi connectivity index (χ1) is 26.5. The van der Waals surface area contributed by atoms with Crippen molar-refractivity contribution in [1.82, 2.24) is 24.0 Å². The number of rotatable bonds is 9. The van der Waals surface area contributed by atoms with Gasteiger partial charge in [-0.15, -0.1) is 0 Å². The Bertz CT molecular complexity index is 2170. The van der Waals surface area contributed by atoms with E-state index in [1.54, 1.807) is 19.4 Å². The predicted molar refractivity (Wildman–Crippen MR) is 216 cm³/mol. The highest BCUT2D eigenvalue weighted by Crippen LogP contribution is 2.40. The lowest BCUT2D eigenvalue weighted by molar-refractivity contribution is -0.111. The van der Waals surface area contributed by atoms with Gasteiger partial charge in [0.25, 0.3) is 5.56 Å². The fourth-order valence-corrected chi connectivity index (χ4v) is 9.17. The van der Waals surface area contributed by atoms with E-state index in [0.717, 1.165) is 83.1 Å². The summed E-state index contributed by atoms with van der Waals surface area (Å²) in [6.07, 6.45) is 8.99. The van der Waals surface area contributed by atoms with Gasteiger partial charge in [-0.05, 0) is 80.0 Å². The zero-order valence-corrected chi connectivity index (χ0v) is 32.5. The molecule has 290 valence electrons. The highest BCUT2D eigenvalue weighted by molar-refractivity contribution is 6.01. The molecule has 0 saturated carbocycles. The molecule has 3 N–H and O–H groups in total. The number of pyridine rings is 1. The number of nitrogens with one attached hydrogen (secondary N) is 2. The van der Waals surface area contributed by atoms with Gasteiger partial charge in [-0.25, -0.2) is 9.97 Å². The lowest BCUT2D eigenvalue weighted by Crippen LogP contribution is -2.56. The fraction of sp³-hybridized carbons (Fsp3) is 0.476. The number of amides is 1. The number of hydrogen-bond donors (Lipinski definition) is 3. The quantitative estimate of drug-likeness (QED) is 0.205. The summed E-state index contributed by atoms with van der Waals surface area (Å²) >= 11 is 0. The number of aliphatic hydroxyl groups excluding tert-OH is 1. The molecule has 3 aliphatic heterocycles. The Labute approximate surface area is 322 Å². The molecule has 4 aliphatic rings. The maximum Gasteiger partial charge on any atom is 0.293 e. The van der Waals surface area contributed by atoms with Gasteiger partial charge in [-0.3, -0.25) is 14.5 Å². The molecule has 0 bridgehead atoms. The molecule has 1 aliphatic carbocycles. The van der Waals surface area contributed by atoms with Crippen LogP contribution in [0.1, 0.15) is 56.1 Å². The van der Waals surface area contributed by atoms with Crippen molar-refractivity contribution < 1.29 is 14.6 Å². The molecule has 4 aromatic rings. The van der Waals surface area contributed by atoms with Gasteiger partial charge in [0.05, 0.1) is 30.2 Å². The number of anilines is 5. The second-order valence-corrected chi connectivity index (χ2v) is 16.3. The molecule has 3 aromatic heterocycles. The number of aliphatic hydroxyl groups is 1. The van der Waals surface area contributed by atoms with Crippen molar-refractivity contribution in [3.05, 3.63) is 88.2 Å². The van der Waals surface area contributed by atoms with Crippen LogP contribution >= 0.6 is 0 Å². The number of aromatic nitrogens is 4. The zero-order chi connectivity index (χ0) is 38.4. The normalized spacial score (nSPS) is 19.9. The number of benzene rings is 1. The minimum absolute atomic E-state index is 0.127. The SMILES string of the molecule is C=CC(=O)Nc1cc(Nc2nc(-c3ccnc(N4CCn5c(cc6c5CC(C)(C)C6)C4)c3CO)cn(C)c2=O)ccc1N1CCN(C2CCOCC2)C[C@@H]1C. The summed E-state index contributed by atoms with van der Waals surface area (Å²) in [7, 11) is 1.69. The molecule has 1 aromatic carbocycles. The summed E-state index contributed by atoms with van der Waals surface area (Å²) in [5.74, 6) is 0.532. The Hall–Kier alpha value is -4.98. The van der Waals surface area contributed by atoms with Gasteiger partial charge in [0, 0.05) is 106 Å². The van der Waals surface area contributed by atoms with Gasteiger partial charge in [-0.2, -0.15) is 0 Å². The number of nitrogens with zero attached hydrogens (tertiary/aromatic N) is 7. The molecule has 1 atom stereocenters. The van der Waals surface area contributed by atoms with Gasteiger partial charge >= 0.3 is 0 Å². The third kappa shape index (κ3) is 7.28. The van der Waals surface area contributed by atoms with Crippen LogP contribution in [0.5, 0.6) is 0 Å².